The highest BCUT2D eigenvalue weighted by molar-refractivity contribution is 5.98. The second-order valence-electron chi connectivity index (χ2n) is 11.8. The van der Waals surface area contributed by atoms with Crippen LogP contribution >= 0.6 is 0 Å². The van der Waals surface area contributed by atoms with Crippen molar-refractivity contribution in [1.82, 2.24) is 0 Å². The van der Waals surface area contributed by atoms with Gasteiger partial charge in [0.25, 0.3) is 0 Å². The zero-order chi connectivity index (χ0) is 25.2. The van der Waals surface area contributed by atoms with Crippen molar-refractivity contribution >= 4 is 23.0 Å². The lowest BCUT2D eigenvalue weighted by atomic mass is 9.72. The van der Waals surface area contributed by atoms with Crippen molar-refractivity contribution in [2.75, 3.05) is 41.7 Å². The van der Waals surface area contributed by atoms with Crippen LogP contribution in [0, 0.1) is 0 Å². The highest BCUT2D eigenvalue weighted by Gasteiger charge is 2.56. The Morgan fingerprint density at radius 3 is 1.84 bits per heavy atom. The van der Waals surface area contributed by atoms with E-state index in [0.29, 0.717) is 11.3 Å². The van der Waals surface area contributed by atoms with Gasteiger partial charge < -0.3 is 25.0 Å². The summed E-state index contributed by atoms with van der Waals surface area (Å²) in [5.41, 5.74) is 17.5. The first-order valence-electron chi connectivity index (χ1n) is 14.3. The predicted octanol–water partition coefficient (Wildman–Crippen LogP) is 5.23. The number of aryl methyl sites for hydroxylation is 2. The van der Waals surface area contributed by atoms with Gasteiger partial charge in [0.15, 0.2) is 5.60 Å². The summed E-state index contributed by atoms with van der Waals surface area (Å²) >= 11 is 0. The maximum atomic E-state index is 13.6. The van der Waals surface area contributed by atoms with E-state index < -0.39 is 5.60 Å². The first kappa shape index (κ1) is 21.3. The van der Waals surface area contributed by atoms with E-state index in [1.807, 2.05) is 18.2 Å². The fourth-order valence-electron chi connectivity index (χ4n) is 8.35. The average Bonchev–Trinajstić information content (AvgIpc) is 3.22. The van der Waals surface area contributed by atoms with Crippen LogP contribution < -0.4 is 20.3 Å². The number of hydrogen-bond acceptors (Lipinski definition) is 6. The molecular formula is C32H31N3O3. The number of nitrogen functional groups attached to an aromatic ring is 1. The summed E-state index contributed by atoms with van der Waals surface area (Å²) in [5, 5.41) is 0. The van der Waals surface area contributed by atoms with Gasteiger partial charge in [-0.15, -0.1) is 0 Å². The van der Waals surface area contributed by atoms with Crippen molar-refractivity contribution in [1.29, 1.82) is 0 Å². The Balaban J connectivity index is 1.42. The molecule has 0 unspecified atom stereocenters. The molecule has 38 heavy (non-hydrogen) atoms. The number of hydrogen-bond donors (Lipinski definition) is 1. The molecule has 0 radical (unpaired) electrons. The van der Waals surface area contributed by atoms with Gasteiger partial charge in [-0.3, -0.25) is 0 Å². The number of rotatable bonds is 0. The maximum absolute atomic E-state index is 13.6. The summed E-state index contributed by atoms with van der Waals surface area (Å²) < 4.78 is 13.7. The topological polar surface area (TPSA) is 68.0 Å². The van der Waals surface area contributed by atoms with Crippen LogP contribution in [0.15, 0.2) is 30.3 Å². The highest BCUT2D eigenvalue weighted by Crippen LogP contribution is 2.62. The van der Waals surface area contributed by atoms with E-state index in [9.17, 15) is 4.79 Å². The van der Waals surface area contributed by atoms with Gasteiger partial charge in [-0.2, -0.15) is 0 Å². The van der Waals surface area contributed by atoms with E-state index >= 15 is 0 Å². The minimum Gasteiger partial charge on any atom is -0.456 e. The van der Waals surface area contributed by atoms with Crippen molar-refractivity contribution in [2.45, 2.75) is 57.0 Å². The van der Waals surface area contributed by atoms with Crippen LogP contribution in [0.3, 0.4) is 0 Å². The molecule has 3 aromatic carbocycles. The monoisotopic (exact) mass is 505 g/mol. The van der Waals surface area contributed by atoms with E-state index in [0.717, 1.165) is 106 Å². The van der Waals surface area contributed by atoms with Gasteiger partial charge in [-0.25, -0.2) is 4.79 Å². The molecular weight excluding hydrogens is 474 g/mol. The summed E-state index contributed by atoms with van der Waals surface area (Å²) in [5.74, 6) is 1.55. The van der Waals surface area contributed by atoms with Crippen LogP contribution in [0.1, 0.15) is 75.0 Å². The van der Waals surface area contributed by atoms with Crippen LogP contribution in [0.2, 0.25) is 0 Å². The standard InChI is InChI=1S/C32H31N3O3/c33-20-9-10-21-24(17-20)32(38-31(21)36)25-15-18-5-1-11-34-13-3-7-22(27(18)34)29(25)37-30-23-8-4-14-35-12-2-6-19(28(23)35)16-26(30)32/h9-10,15-17H,1-8,11-14,33H2. The fraction of sp³-hybridized carbons (Fsp3) is 0.406. The number of anilines is 3. The number of esters is 1. The summed E-state index contributed by atoms with van der Waals surface area (Å²) in [6.07, 6.45) is 8.56. The number of fused-ring (bicyclic) bond motifs is 8. The molecule has 6 aliphatic rings. The molecule has 0 atom stereocenters. The zero-order valence-corrected chi connectivity index (χ0v) is 21.6. The Morgan fingerprint density at radius 2 is 1.26 bits per heavy atom. The molecule has 192 valence electrons. The normalized spacial score (nSPS) is 21.1. The quantitative estimate of drug-likeness (QED) is 0.333. The van der Waals surface area contributed by atoms with Crippen molar-refractivity contribution in [3.8, 4) is 11.5 Å². The molecule has 6 nitrogen and oxygen atoms in total. The third-order valence-corrected chi connectivity index (χ3v) is 9.80. The molecule has 6 heterocycles. The largest absolute Gasteiger partial charge is 0.456 e. The van der Waals surface area contributed by atoms with E-state index in [1.54, 1.807) is 0 Å². The maximum Gasteiger partial charge on any atom is 0.340 e. The fourth-order valence-corrected chi connectivity index (χ4v) is 8.35. The molecule has 3 aromatic rings. The van der Waals surface area contributed by atoms with Gasteiger partial charge in [0.1, 0.15) is 11.5 Å². The Kier molecular flexibility index (Phi) is 4.06. The van der Waals surface area contributed by atoms with Crippen molar-refractivity contribution in [3.05, 3.63) is 74.8 Å². The number of nitrogens with zero attached hydrogens (tertiary/aromatic N) is 2. The Labute approximate surface area is 222 Å². The second kappa shape index (κ2) is 7.25. The predicted molar refractivity (Wildman–Crippen MR) is 147 cm³/mol. The number of nitrogens with two attached hydrogens (primary N) is 1. The van der Waals surface area contributed by atoms with Crippen LogP contribution in [0.5, 0.6) is 11.5 Å². The third-order valence-electron chi connectivity index (χ3n) is 9.80. The van der Waals surface area contributed by atoms with Crippen LogP contribution in [-0.2, 0) is 36.0 Å². The minimum absolute atomic E-state index is 0.278. The molecule has 2 N–H and O–H groups in total. The minimum atomic E-state index is -1.04. The lowest BCUT2D eigenvalue weighted by Gasteiger charge is -2.45. The summed E-state index contributed by atoms with van der Waals surface area (Å²) in [6.45, 7) is 4.40. The number of benzene rings is 3. The van der Waals surface area contributed by atoms with Crippen LogP contribution in [0.4, 0.5) is 17.1 Å². The molecule has 6 heteroatoms. The Bertz CT molecular complexity index is 1510. The highest BCUT2D eigenvalue weighted by atomic mass is 16.6. The van der Waals surface area contributed by atoms with Crippen molar-refractivity contribution < 1.29 is 14.3 Å². The Morgan fingerprint density at radius 1 is 0.711 bits per heavy atom. The molecule has 0 aromatic heterocycles. The molecule has 0 saturated heterocycles. The molecule has 6 aliphatic heterocycles. The molecule has 1 spiro atoms. The van der Waals surface area contributed by atoms with Gasteiger partial charge in [0, 0.05) is 71.1 Å². The first-order chi connectivity index (χ1) is 18.6. The van der Waals surface area contributed by atoms with Gasteiger partial charge in [-0.1, -0.05) is 0 Å². The van der Waals surface area contributed by atoms with E-state index in [2.05, 4.69) is 21.9 Å². The SMILES string of the molecule is Nc1ccc2c(c1)C1(OC2=O)c2cc3c4c(c2Oc2c1cc1c5c2CCCN5CCC1)CCCN4CCC3. The van der Waals surface area contributed by atoms with Crippen molar-refractivity contribution in [3.63, 3.8) is 0 Å². The summed E-state index contributed by atoms with van der Waals surface area (Å²) in [7, 11) is 0. The average molecular weight is 506 g/mol. The van der Waals surface area contributed by atoms with Crippen LogP contribution in [-0.4, -0.2) is 32.1 Å². The van der Waals surface area contributed by atoms with Gasteiger partial charge in [-0.05, 0) is 92.8 Å². The molecule has 9 rings (SSSR count). The van der Waals surface area contributed by atoms with Gasteiger partial charge in [0.2, 0.25) is 0 Å². The zero-order valence-electron chi connectivity index (χ0n) is 21.6. The molecule has 0 bridgehead atoms. The molecule has 0 fully saturated rings. The van der Waals surface area contributed by atoms with E-state index in [1.165, 1.54) is 33.6 Å². The number of carbonyl (C=O) groups is 1. The summed E-state index contributed by atoms with van der Waals surface area (Å²) in [4.78, 5) is 18.7. The van der Waals surface area contributed by atoms with E-state index in [4.69, 9.17) is 15.2 Å². The number of ether oxygens (including phenoxy) is 2. The first-order valence-corrected chi connectivity index (χ1v) is 14.3. The van der Waals surface area contributed by atoms with E-state index in [-0.39, 0.29) is 5.97 Å². The van der Waals surface area contributed by atoms with Crippen LogP contribution in [0.25, 0.3) is 0 Å². The Hall–Kier alpha value is -3.67. The lowest BCUT2D eigenvalue weighted by Crippen LogP contribution is -2.40. The summed E-state index contributed by atoms with van der Waals surface area (Å²) in [6, 6.07) is 10.2. The second-order valence-corrected chi connectivity index (χ2v) is 11.8. The smallest absolute Gasteiger partial charge is 0.340 e. The lowest BCUT2D eigenvalue weighted by molar-refractivity contribution is 0.0222. The molecule has 0 aliphatic carbocycles. The molecule has 0 saturated carbocycles. The van der Waals surface area contributed by atoms with Crippen molar-refractivity contribution in [2.24, 2.45) is 0 Å². The molecule has 0 amide bonds. The third kappa shape index (κ3) is 2.51. The van der Waals surface area contributed by atoms with Gasteiger partial charge >= 0.3 is 5.97 Å². The number of carbonyl (C=O) groups excluding carboxylic acids is 1. The van der Waals surface area contributed by atoms with Gasteiger partial charge in [0.05, 0.1) is 5.56 Å².